The van der Waals surface area contributed by atoms with Crippen LogP contribution in [0.25, 0.3) is 0 Å². The normalized spacial score (nSPS) is 11.0. The summed E-state index contributed by atoms with van der Waals surface area (Å²) in [7, 11) is 0. The Morgan fingerprint density at radius 3 is 1.53 bits per heavy atom. The van der Waals surface area contributed by atoms with Crippen LogP contribution in [0.1, 0.15) is 12.8 Å². The van der Waals surface area contributed by atoms with Gasteiger partial charge in [0, 0.05) is 0 Å². The molecule has 0 aliphatic heterocycles. The predicted molar refractivity (Wildman–Crippen MR) is 66.8 cm³/mol. The maximum atomic E-state index is 11.5. The maximum absolute atomic E-state index is 11.5. The third-order valence-corrected chi connectivity index (χ3v) is 2.62. The maximum Gasteiger partial charge on any atom is 0.324 e. The largest absolute Gasteiger partial charge is 0.480 e. The van der Waals surface area contributed by atoms with Gasteiger partial charge in [-0.1, -0.05) is 12.2 Å². The van der Waals surface area contributed by atoms with E-state index in [-0.39, 0.29) is 12.8 Å². The summed E-state index contributed by atoms with van der Waals surface area (Å²) in [6, 6.07) is 0. The fourth-order valence-corrected chi connectivity index (χ4v) is 1.81. The first-order chi connectivity index (χ1) is 8.80. The summed E-state index contributed by atoms with van der Waals surface area (Å²) >= 11 is 0. The highest BCUT2D eigenvalue weighted by molar-refractivity contribution is 5.82. The zero-order chi connectivity index (χ0) is 15.1. The highest BCUT2D eigenvalue weighted by Gasteiger charge is 2.43. The van der Waals surface area contributed by atoms with E-state index in [2.05, 4.69) is 13.2 Å². The van der Waals surface area contributed by atoms with Gasteiger partial charge in [0.05, 0.1) is 13.1 Å². The van der Waals surface area contributed by atoms with Crippen molar-refractivity contribution in [3.63, 3.8) is 0 Å². The number of hydrogen-bond donors (Lipinski definition) is 3. The third kappa shape index (κ3) is 4.55. The van der Waals surface area contributed by atoms with Gasteiger partial charge in [-0.25, -0.2) is 0 Å². The van der Waals surface area contributed by atoms with E-state index < -0.39 is 36.5 Å². The summed E-state index contributed by atoms with van der Waals surface area (Å²) in [5.74, 6) is -3.92. The van der Waals surface area contributed by atoms with Gasteiger partial charge in [-0.05, 0) is 12.8 Å². The number of carbonyl (C=O) groups is 3. The molecule has 0 aliphatic rings. The molecule has 0 aliphatic carbocycles. The summed E-state index contributed by atoms with van der Waals surface area (Å²) in [6.45, 7) is 5.48. The molecule has 0 atom stereocenters. The number of carboxylic acids is 3. The topological polar surface area (TPSA) is 115 Å². The van der Waals surface area contributed by atoms with Crippen LogP contribution in [0.5, 0.6) is 0 Å². The number of hydrogen-bond acceptors (Lipinski definition) is 4. The van der Waals surface area contributed by atoms with Gasteiger partial charge in [0.25, 0.3) is 0 Å². The van der Waals surface area contributed by atoms with Crippen molar-refractivity contribution < 1.29 is 29.7 Å². The highest BCUT2D eigenvalue weighted by Crippen LogP contribution is 2.26. The van der Waals surface area contributed by atoms with E-state index in [1.54, 1.807) is 0 Å². The lowest BCUT2D eigenvalue weighted by atomic mass is 9.88. The molecule has 7 heteroatoms. The van der Waals surface area contributed by atoms with E-state index in [9.17, 15) is 19.5 Å². The summed E-state index contributed by atoms with van der Waals surface area (Å²) in [5, 5.41) is 27.0. The zero-order valence-electron chi connectivity index (χ0n) is 10.4. The third-order valence-electron chi connectivity index (χ3n) is 2.62. The molecule has 0 saturated carbocycles. The summed E-state index contributed by atoms with van der Waals surface area (Å²) < 4.78 is 0. The summed E-state index contributed by atoms with van der Waals surface area (Å²) in [4.78, 5) is 34.0. The van der Waals surface area contributed by atoms with Crippen LogP contribution in [0.2, 0.25) is 0 Å². The lowest BCUT2D eigenvalue weighted by Gasteiger charge is -2.37. The first-order valence-electron chi connectivity index (χ1n) is 5.44. The Labute approximate surface area is 110 Å². The minimum Gasteiger partial charge on any atom is -0.480 e. The predicted octanol–water partition coefficient (Wildman–Crippen LogP) is 0.433. The van der Waals surface area contributed by atoms with Gasteiger partial charge < -0.3 is 15.3 Å². The van der Waals surface area contributed by atoms with E-state index in [1.165, 1.54) is 12.2 Å². The first kappa shape index (κ1) is 16.9. The van der Waals surface area contributed by atoms with Crippen LogP contribution in [0.3, 0.4) is 0 Å². The molecule has 0 aromatic rings. The quantitative estimate of drug-likeness (QED) is 0.493. The van der Waals surface area contributed by atoms with Crippen molar-refractivity contribution >= 4 is 17.9 Å². The second kappa shape index (κ2) is 7.32. The van der Waals surface area contributed by atoms with Crippen molar-refractivity contribution in [1.29, 1.82) is 0 Å². The van der Waals surface area contributed by atoms with Crippen LogP contribution in [0, 0.1) is 0 Å². The first-order valence-corrected chi connectivity index (χ1v) is 5.44. The standard InChI is InChI=1S/C12H17NO6/c1-3-5-12(6-4-2,11(18)19)13(7-9(14)15)8-10(16)17/h3-4H,1-2,5-8H2,(H,14,15)(H,16,17)(H,18,19). The Balaban J connectivity index is 5.58. The van der Waals surface area contributed by atoms with Gasteiger partial charge in [0.2, 0.25) is 0 Å². The van der Waals surface area contributed by atoms with Gasteiger partial charge in [0.1, 0.15) is 5.54 Å². The Morgan fingerprint density at radius 1 is 0.947 bits per heavy atom. The Kier molecular flexibility index (Phi) is 6.49. The molecule has 0 aromatic heterocycles. The second-order valence-electron chi connectivity index (χ2n) is 3.97. The van der Waals surface area contributed by atoms with Gasteiger partial charge >= 0.3 is 17.9 Å². The molecule has 0 heterocycles. The van der Waals surface area contributed by atoms with E-state index in [1.807, 2.05) is 0 Å². The van der Waals surface area contributed by atoms with Crippen molar-refractivity contribution in [2.75, 3.05) is 13.1 Å². The molecular weight excluding hydrogens is 254 g/mol. The van der Waals surface area contributed by atoms with E-state index in [4.69, 9.17) is 10.2 Å². The van der Waals surface area contributed by atoms with Crippen LogP contribution in [-0.2, 0) is 14.4 Å². The van der Waals surface area contributed by atoms with Crippen molar-refractivity contribution in [1.82, 2.24) is 4.90 Å². The molecule has 19 heavy (non-hydrogen) atoms. The highest BCUT2D eigenvalue weighted by atomic mass is 16.4. The molecule has 0 rings (SSSR count). The fraction of sp³-hybridized carbons (Fsp3) is 0.417. The fourth-order valence-electron chi connectivity index (χ4n) is 1.81. The van der Waals surface area contributed by atoms with Crippen molar-refractivity contribution in [2.24, 2.45) is 0 Å². The van der Waals surface area contributed by atoms with Gasteiger partial charge in [-0.15, -0.1) is 13.2 Å². The molecule has 106 valence electrons. The van der Waals surface area contributed by atoms with E-state index in [0.717, 1.165) is 4.90 Å². The van der Waals surface area contributed by atoms with Crippen LogP contribution >= 0.6 is 0 Å². The Morgan fingerprint density at radius 2 is 1.32 bits per heavy atom. The van der Waals surface area contributed by atoms with E-state index >= 15 is 0 Å². The SMILES string of the molecule is C=CCC(CC=C)(C(=O)O)N(CC(=O)O)CC(=O)O. The lowest BCUT2D eigenvalue weighted by Crippen LogP contribution is -2.57. The van der Waals surface area contributed by atoms with Crippen molar-refractivity contribution in [3.8, 4) is 0 Å². The molecule has 7 nitrogen and oxygen atoms in total. The number of rotatable bonds is 10. The minimum atomic E-state index is -1.67. The van der Waals surface area contributed by atoms with Crippen molar-refractivity contribution in [2.45, 2.75) is 18.4 Å². The molecule has 0 aromatic carbocycles. The molecule has 0 fully saturated rings. The number of nitrogens with zero attached hydrogens (tertiary/aromatic N) is 1. The average molecular weight is 271 g/mol. The molecular formula is C12H17NO6. The molecule has 0 spiro atoms. The molecule has 3 N–H and O–H groups in total. The number of aliphatic carboxylic acids is 3. The zero-order valence-corrected chi connectivity index (χ0v) is 10.4. The van der Waals surface area contributed by atoms with Crippen LogP contribution in [-0.4, -0.2) is 56.8 Å². The minimum absolute atomic E-state index is 0.0884. The molecule has 0 radical (unpaired) electrons. The average Bonchev–Trinajstić information content (AvgIpc) is 2.26. The van der Waals surface area contributed by atoms with Gasteiger partial charge in [0.15, 0.2) is 0 Å². The molecule has 0 unspecified atom stereocenters. The molecule has 0 bridgehead atoms. The van der Waals surface area contributed by atoms with Gasteiger partial charge in [-0.2, -0.15) is 0 Å². The van der Waals surface area contributed by atoms with Crippen LogP contribution in [0.15, 0.2) is 25.3 Å². The Bertz CT molecular complexity index is 364. The second-order valence-corrected chi connectivity index (χ2v) is 3.97. The monoisotopic (exact) mass is 271 g/mol. The van der Waals surface area contributed by atoms with Crippen LogP contribution < -0.4 is 0 Å². The summed E-state index contributed by atoms with van der Waals surface area (Å²) in [5.41, 5.74) is -1.67. The summed E-state index contributed by atoms with van der Waals surface area (Å²) in [6.07, 6.45) is 2.45. The van der Waals surface area contributed by atoms with Gasteiger partial charge in [-0.3, -0.25) is 19.3 Å². The smallest absolute Gasteiger partial charge is 0.324 e. The molecule has 0 saturated heterocycles. The number of carboxylic acid groups (broad SMARTS) is 3. The van der Waals surface area contributed by atoms with E-state index in [0.29, 0.717) is 0 Å². The molecule has 0 amide bonds. The van der Waals surface area contributed by atoms with Crippen molar-refractivity contribution in [3.05, 3.63) is 25.3 Å². The lowest BCUT2D eigenvalue weighted by molar-refractivity contribution is -0.157. The Hall–Kier alpha value is -2.15. The van der Waals surface area contributed by atoms with Crippen LogP contribution in [0.4, 0.5) is 0 Å².